The van der Waals surface area contributed by atoms with E-state index in [0.717, 1.165) is 4.60 Å². The molecule has 0 spiro atoms. The molecule has 0 saturated carbocycles. The first kappa shape index (κ1) is 11.1. The molecule has 2 aromatic rings. The van der Waals surface area contributed by atoms with Crippen LogP contribution in [0.2, 0.25) is 0 Å². The first-order valence-corrected chi connectivity index (χ1v) is 5.63. The van der Waals surface area contributed by atoms with Gasteiger partial charge in [-0.25, -0.2) is 4.98 Å². The van der Waals surface area contributed by atoms with Crippen LogP contribution in [0.3, 0.4) is 0 Å². The minimum atomic E-state index is -0.269. The fourth-order valence-electron chi connectivity index (χ4n) is 1.38. The number of rotatable bonds is 3. The molecular weight excluding hydrogens is 274 g/mol. The van der Waals surface area contributed by atoms with Gasteiger partial charge >= 0.3 is 5.97 Å². The van der Waals surface area contributed by atoms with E-state index in [1.807, 2.05) is 4.40 Å². The number of fused-ring (bicyclic) bond motifs is 1. The number of nitrogens with zero attached hydrogens (tertiary/aromatic N) is 3. The Hall–Kier alpha value is -1.43. The van der Waals surface area contributed by atoms with Crippen LogP contribution in [-0.2, 0) is 16.0 Å². The highest BCUT2D eigenvalue weighted by atomic mass is 79.9. The van der Waals surface area contributed by atoms with Crippen LogP contribution in [-0.4, -0.2) is 26.9 Å². The quantitative estimate of drug-likeness (QED) is 0.803. The summed E-state index contributed by atoms with van der Waals surface area (Å²) in [7, 11) is 0. The Kier molecular flexibility index (Phi) is 3.19. The largest absolute Gasteiger partial charge is 0.466 e. The summed E-state index contributed by atoms with van der Waals surface area (Å²) in [6, 6.07) is 0. The van der Waals surface area contributed by atoms with Crippen molar-refractivity contribution >= 4 is 27.5 Å². The second-order valence-electron chi connectivity index (χ2n) is 3.17. The molecule has 0 unspecified atom stereocenters. The molecule has 0 saturated heterocycles. The number of carbonyl (C=O) groups excluding carboxylic acids is 1. The zero-order valence-corrected chi connectivity index (χ0v) is 10.3. The van der Waals surface area contributed by atoms with E-state index in [1.54, 1.807) is 25.5 Å². The molecule has 16 heavy (non-hydrogen) atoms. The summed E-state index contributed by atoms with van der Waals surface area (Å²) < 4.78 is 7.48. The van der Waals surface area contributed by atoms with E-state index in [0.29, 0.717) is 17.9 Å². The zero-order chi connectivity index (χ0) is 11.5. The summed E-state index contributed by atoms with van der Waals surface area (Å²) in [6.07, 6.45) is 5.28. The van der Waals surface area contributed by atoms with Crippen LogP contribution in [0.5, 0.6) is 0 Å². The van der Waals surface area contributed by atoms with E-state index in [9.17, 15) is 4.79 Å². The van der Waals surface area contributed by atoms with E-state index in [1.165, 1.54) is 0 Å². The second-order valence-corrected chi connectivity index (χ2v) is 3.98. The second kappa shape index (κ2) is 4.61. The lowest BCUT2D eigenvalue weighted by atomic mass is 10.3. The molecule has 5 nitrogen and oxygen atoms in total. The molecule has 2 rings (SSSR count). The van der Waals surface area contributed by atoms with Gasteiger partial charge in [0.15, 0.2) is 5.65 Å². The van der Waals surface area contributed by atoms with Gasteiger partial charge in [0.25, 0.3) is 0 Å². The van der Waals surface area contributed by atoms with E-state index in [-0.39, 0.29) is 12.4 Å². The predicted octanol–water partition coefficient (Wildman–Crippen LogP) is 1.60. The number of halogens is 1. The van der Waals surface area contributed by atoms with Crippen LogP contribution in [0.4, 0.5) is 0 Å². The molecule has 0 bridgehead atoms. The van der Waals surface area contributed by atoms with E-state index >= 15 is 0 Å². The van der Waals surface area contributed by atoms with Crippen molar-refractivity contribution in [3.05, 3.63) is 28.9 Å². The molecule has 0 aliphatic heterocycles. The Morgan fingerprint density at radius 1 is 1.56 bits per heavy atom. The number of imidazole rings is 1. The minimum absolute atomic E-state index is 0.182. The van der Waals surface area contributed by atoms with Gasteiger partial charge in [0, 0.05) is 6.20 Å². The lowest BCUT2D eigenvalue weighted by Crippen LogP contribution is -2.07. The van der Waals surface area contributed by atoms with Crippen molar-refractivity contribution in [2.45, 2.75) is 13.3 Å². The summed E-state index contributed by atoms with van der Waals surface area (Å²) in [5.41, 5.74) is 1.38. The summed E-state index contributed by atoms with van der Waals surface area (Å²) >= 11 is 3.35. The van der Waals surface area contributed by atoms with Crippen molar-refractivity contribution in [3.63, 3.8) is 0 Å². The third kappa shape index (κ3) is 2.21. The Labute approximate surface area is 101 Å². The SMILES string of the molecule is CCOC(=O)Cc1cn2c(Br)cncc2n1. The van der Waals surface area contributed by atoms with Crippen LogP contribution in [0.1, 0.15) is 12.6 Å². The van der Waals surface area contributed by atoms with Gasteiger partial charge in [-0.1, -0.05) is 0 Å². The van der Waals surface area contributed by atoms with E-state index < -0.39 is 0 Å². The third-order valence-corrected chi connectivity index (χ3v) is 2.60. The molecule has 0 amide bonds. The molecule has 2 heterocycles. The molecule has 0 aliphatic carbocycles. The van der Waals surface area contributed by atoms with Gasteiger partial charge in [0.05, 0.1) is 31.1 Å². The van der Waals surface area contributed by atoms with Gasteiger partial charge < -0.3 is 4.74 Å². The van der Waals surface area contributed by atoms with E-state index in [4.69, 9.17) is 4.74 Å². The van der Waals surface area contributed by atoms with Crippen molar-refractivity contribution in [3.8, 4) is 0 Å². The fourth-order valence-corrected chi connectivity index (χ4v) is 1.78. The summed E-state index contributed by atoms with van der Waals surface area (Å²) in [5.74, 6) is -0.269. The molecule has 0 atom stereocenters. The van der Waals surface area contributed by atoms with Gasteiger partial charge in [-0.05, 0) is 22.9 Å². The van der Waals surface area contributed by atoms with Gasteiger partial charge in [-0.3, -0.25) is 14.2 Å². The first-order valence-electron chi connectivity index (χ1n) is 4.84. The standard InChI is InChI=1S/C10H10BrN3O2/c1-2-16-10(15)3-7-6-14-8(11)4-12-5-9(14)13-7/h4-6H,2-3H2,1H3. The maximum absolute atomic E-state index is 11.3. The van der Waals surface area contributed by atoms with Gasteiger partial charge in [0.2, 0.25) is 0 Å². The zero-order valence-electron chi connectivity index (χ0n) is 8.68. The summed E-state index contributed by atoms with van der Waals surface area (Å²) in [5, 5.41) is 0. The highest BCUT2D eigenvalue weighted by Gasteiger charge is 2.09. The summed E-state index contributed by atoms with van der Waals surface area (Å²) in [6.45, 7) is 2.17. The predicted molar refractivity (Wildman–Crippen MR) is 61.0 cm³/mol. The number of carbonyl (C=O) groups is 1. The molecule has 84 valence electrons. The fraction of sp³-hybridized carbons (Fsp3) is 0.300. The van der Waals surface area contributed by atoms with Crippen LogP contribution >= 0.6 is 15.9 Å². The maximum atomic E-state index is 11.3. The Morgan fingerprint density at radius 3 is 3.06 bits per heavy atom. The number of aromatic nitrogens is 3. The van der Waals surface area contributed by atoms with Crippen molar-refractivity contribution in [1.82, 2.24) is 14.4 Å². The van der Waals surface area contributed by atoms with Gasteiger partial charge in [-0.15, -0.1) is 0 Å². The van der Waals surface area contributed by atoms with Crippen molar-refractivity contribution in [1.29, 1.82) is 0 Å². The number of hydrogen-bond donors (Lipinski definition) is 0. The number of hydrogen-bond acceptors (Lipinski definition) is 4. The highest BCUT2D eigenvalue weighted by Crippen LogP contribution is 2.12. The van der Waals surface area contributed by atoms with Gasteiger partial charge in [0.1, 0.15) is 4.60 Å². The molecule has 6 heteroatoms. The topological polar surface area (TPSA) is 56.5 Å². The lowest BCUT2D eigenvalue weighted by Gasteiger charge is -1.97. The van der Waals surface area contributed by atoms with Crippen molar-refractivity contribution < 1.29 is 9.53 Å². The Bertz CT molecular complexity index is 524. The molecule has 0 aromatic carbocycles. The summed E-state index contributed by atoms with van der Waals surface area (Å²) in [4.78, 5) is 19.5. The average Bonchev–Trinajstić information content (AvgIpc) is 2.62. The minimum Gasteiger partial charge on any atom is -0.466 e. The van der Waals surface area contributed by atoms with Crippen molar-refractivity contribution in [2.75, 3.05) is 6.61 Å². The molecular formula is C10H10BrN3O2. The van der Waals surface area contributed by atoms with Crippen molar-refractivity contribution in [2.24, 2.45) is 0 Å². The molecule has 0 N–H and O–H groups in total. The van der Waals surface area contributed by atoms with Crippen LogP contribution < -0.4 is 0 Å². The van der Waals surface area contributed by atoms with Gasteiger partial charge in [-0.2, -0.15) is 0 Å². The number of esters is 1. The smallest absolute Gasteiger partial charge is 0.311 e. The molecule has 0 aliphatic rings. The first-order chi connectivity index (χ1) is 7.70. The van der Waals surface area contributed by atoms with E-state index in [2.05, 4.69) is 25.9 Å². The average molecular weight is 284 g/mol. The Balaban J connectivity index is 2.26. The van der Waals surface area contributed by atoms with Crippen LogP contribution in [0.15, 0.2) is 23.2 Å². The monoisotopic (exact) mass is 283 g/mol. The molecule has 0 fully saturated rings. The maximum Gasteiger partial charge on any atom is 0.311 e. The normalized spacial score (nSPS) is 10.6. The van der Waals surface area contributed by atoms with Crippen LogP contribution in [0.25, 0.3) is 5.65 Å². The Morgan fingerprint density at radius 2 is 2.38 bits per heavy atom. The lowest BCUT2D eigenvalue weighted by molar-refractivity contribution is -0.142. The molecule has 0 radical (unpaired) electrons. The third-order valence-electron chi connectivity index (χ3n) is 2.02. The molecule has 2 aromatic heterocycles. The number of ether oxygens (including phenoxy) is 1. The van der Waals surface area contributed by atoms with Crippen LogP contribution in [0, 0.1) is 0 Å². The highest BCUT2D eigenvalue weighted by molar-refractivity contribution is 9.10.